The molecule has 2 aromatic rings. The van der Waals surface area contributed by atoms with E-state index in [2.05, 4.69) is 27.8 Å². The molecule has 6 heteroatoms. The zero-order valence-corrected chi connectivity index (χ0v) is 15.4. The van der Waals surface area contributed by atoms with Gasteiger partial charge in [0, 0.05) is 20.1 Å². The maximum Gasteiger partial charge on any atom is 0.337 e. The highest BCUT2D eigenvalue weighted by atomic mass is 16.5. The molecular weight excluding hydrogens is 330 g/mol. The Morgan fingerprint density at radius 1 is 0.962 bits per heavy atom. The van der Waals surface area contributed by atoms with E-state index >= 15 is 0 Å². The van der Waals surface area contributed by atoms with Gasteiger partial charge in [0.05, 0.1) is 19.8 Å². The zero-order valence-electron chi connectivity index (χ0n) is 15.4. The third-order valence-electron chi connectivity index (χ3n) is 3.92. The second-order valence-corrected chi connectivity index (χ2v) is 5.64. The van der Waals surface area contributed by atoms with E-state index in [0.717, 1.165) is 30.2 Å². The van der Waals surface area contributed by atoms with Crippen LogP contribution in [0.1, 0.15) is 21.5 Å². The predicted molar refractivity (Wildman–Crippen MR) is 103 cm³/mol. The summed E-state index contributed by atoms with van der Waals surface area (Å²) in [7, 11) is 4.78. The highest BCUT2D eigenvalue weighted by Crippen LogP contribution is 2.11. The van der Waals surface area contributed by atoms with Gasteiger partial charge in [-0.05, 0) is 41.8 Å². The molecule has 0 atom stereocenters. The molecule has 0 bridgehead atoms. The van der Waals surface area contributed by atoms with Crippen LogP contribution in [-0.2, 0) is 17.7 Å². The lowest BCUT2D eigenvalue weighted by molar-refractivity contribution is 0.0600. The zero-order chi connectivity index (χ0) is 18.8. The van der Waals surface area contributed by atoms with Crippen molar-refractivity contribution in [2.24, 2.45) is 4.99 Å². The van der Waals surface area contributed by atoms with Gasteiger partial charge in [0.15, 0.2) is 5.96 Å². The molecule has 0 unspecified atom stereocenters. The number of carbonyl (C=O) groups excluding carboxylic acids is 1. The van der Waals surface area contributed by atoms with Crippen LogP contribution in [0.4, 0.5) is 0 Å². The number of methoxy groups -OCH3 is 2. The molecule has 0 aromatic heterocycles. The third kappa shape index (κ3) is 5.81. The van der Waals surface area contributed by atoms with E-state index in [4.69, 9.17) is 9.47 Å². The van der Waals surface area contributed by atoms with Crippen LogP contribution in [-0.4, -0.2) is 39.7 Å². The van der Waals surface area contributed by atoms with Crippen LogP contribution in [0, 0.1) is 0 Å². The standard InChI is InChI=1S/C20H25N3O3/c1-21-20(22-13-12-15-6-10-18(25-2)11-7-15)23-14-16-4-8-17(9-5-16)19(24)26-3/h4-11H,12-14H2,1-3H3,(H2,21,22,23). The van der Waals surface area contributed by atoms with E-state index in [9.17, 15) is 4.79 Å². The minimum atomic E-state index is -0.333. The topological polar surface area (TPSA) is 72.0 Å². The number of esters is 1. The molecule has 0 amide bonds. The monoisotopic (exact) mass is 355 g/mol. The van der Waals surface area contributed by atoms with Gasteiger partial charge in [-0.1, -0.05) is 24.3 Å². The molecule has 2 N–H and O–H groups in total. The predicted octanol–water partition coefficient (Wildman–Crippen LogP) is 2.39. The Balaban J connectivity index is 1.77. The summed E-state index contributed by atoms with van der Waals surface area (Å²) in [5.41, 5.74) is 2.82. The SMILES string of the molecule is CN=C(NCCc1ccc(OC)cc1)NCc1ccc(C(=O)OC)cc1. The Labute approximate surface area is 154 Å². The number of hydrogen-bond acceptors (Lipinski definition) is 4. The summed E-state index contributed by atoms with van der Waals surface area (Å²) >= 11 is 0. The van der Waals surface area contributed by atoms with Gasteiger partial charge in [-0.2, -0.15) is 0 Å². The Hall–Kier alpha value is -3.02. The fourth-order valence-electron chi connectivity index (χ4n) is 2.40. The lowest BCUT2D eigenvalue weighted by Gasteiger charge is -2.12. The molecule has 0 aliphatic rings. The van der Waals surface area contributed by atoms with E-state index in [1.165, 1.54) is 12.7 Å². The molecule has 0 saturated carbocycles. The first-order valence-electron chi connectivity index (χ1n) is 8.41. The number of benzene rings is 2. The first kappa shape index (κ1) is 19.3. The average Bonchev–Trinajstić information content (AvgIpc) is 2.70. The fourth-order valence-corrected chi connectivity index (χ4v) is 2.40. The van der Waals surface area contributed by atoms with Crippen molar-refractivity contribution < 1.29 is 14.3 Å². The number of nitrogens with one attached hydrogen (secondary N) is 2. The summed E-state index contributed by atoms with van der Waals surface area (Å²) in [5.74, 6) is 1.26. The van der Waals surface area contributed by atoms with E-state index in [1.807, 2.05) is 24.3 Å². The number of guanidine groups is 1. The number of rotatable bonds is 7. The van der Waals surface area contributed by atoms with Gasteiger partial charge in [-0.15, -0.1) is 0 Å². The second kappa shape index (κ2) is 10.1. The molecule has 2 rings (SSSR count). The van der Waals surface area contributed by atoms with Gasteiger partial charge in [0.2, 0.25) is 0 Å². The summed E-state index contributed by atoms with van der Waals surface area (Å²) in [4.78, 5) is 15.7. The molecule has 0 aliphatic carbocycles. The quantitative estimate of drug-likeness (QED) is 0.453. The van der Waals surface area contributed by atoms with Crippen LogP contribution in [0.25, 0.3) is 0 Å². The van der Waals surface area contributed by atoms with Gasteiger partial charge in [-0.25, -0.2) is 4.79 Å². The molecule has 0 aliphatic heterocycles. The number of hydrogen-bond donors (Lipinski definition) is 2. The van der Waals surface area contributed by atoms with Crippen molar-refractivity contribution in [1.29, 1.82) is 0 Å². The highest BCUT2D eigenvalue weighted by Gasteiger charge is 2.05. The summed E-state index contributed by atoms with van der Waals surface area (Å²) in [6.07, 6.45) is 0.887. The molecule has 138 valence electrons. The summed E-state index contributed by atoms with van der Waals surface area (Å²) in [5, 5.41) is 6.54. The van der Waals surface area contributed by atoms with Crippen molar-refractivity contribution in [3.8, 4) is 5.75 Å². The smallest absolute Gasteiger partial charge is 0.337 e. The lowest BCUT2D eigenvalue weighted by Crippen LogP contribution is -2.37. The maximum absolute atomic E-state index is 11.4. The Morgan fingerprint density at radius 3 is 2.19 bits per heavy atom. The van der Waals surface area contributed by atoms with Crippen molar-refractivity contribution >= 4 is 11.9 Å². The largest absolute Gasteiger partial charge is 0.497 e. The van der Waals surface area contributed by atoms with Crippen molar-refractivity contribution in [1.82, 2.24) is 10.6 Å². The summed E-state index contributed by atoms with van der Waals surface area (Å²) in [6, 6.07) is 15.3. The Kier molecular flexibility index (Phi) is 7.49. The number of carbonyl (C=O) groups is 1. The highest BCUT2D eigenvalue weighted by molar-refractivity contribution is 5.89. The molecule has 26 heavy (non-hydrogen) atoms. The molecule has 0 spiro atoms. The van der Waals surface area contributed by atoms with E-state index < -0.39 is 0 Å². The molecule has 2 aromatic carbocycles. The van der Waals surface area contributed by atoms with Crippen molar-refractivity contribution in [2.45, 2.75) is 13.0 Å². The normalized spacial score (nSPS) is 11.0. The summed E-state index contributed by atoms with van der Waals surface area (Å²) < 4.78 is 9.85. The van der Waals surface area contributed by atoms with Crippen molar-refractivity contribution in [2.75, 3.05) is 27.8 Å². The van der Waals surface area contributed by atoms with Crippen LogP contribution in [0.2, 0.25) is 0 Å². The van der Waals surface area contributed by atoms with Crippen LogP contribution in [0.5, 0.6) is 5.75 Å². The van der Waals surface area contributed by atoms with Crippen molar-refractivity contribution in [3.05, 3.63) is 65.2 Å². The van der Waals surface area contributed by atoms with Gasteiger partial charge >= 0.3 is 5.97 Å². The van der Waals surface area contributed by atoms with Gasteiger partial charge in [-0.3, -0.25) is 4.99 Å². The summed E-state index contributed by atoms with van der Waals surface area (Å²) in [6.45, 7) is 1.39. The lowest BCUT2D eigenvalue weighted by atomic mass is 10.1. The minimum absolute atomic E-state index is 0.333. The van der Waals surface area contributed by atoms with Gasteiger partial charge in [0.25, 0.3) is 0 Å². The third-order valence-corrected chi connectivity index (χ3v) is 3.92. The second-order valence-electron chi connectivity index (χ2n) is 5.64. The number of ether oxygens (including phenoxy) is 2. The molecule has 0 fully saturated rings. The minimum Gasteiger partial charge on any atom is -0.497 e. The van der Waals surface area contributed by atoms with E-state index in [1.54, 1.807) is 26.3 Å². The molecular formula is C20H25N3O3. The number of aliphatic imine (C=N–C) groups is 1. The average molecular weight is 355 g/mol. The molecule has 0 radical (unpaired) electrons. The molecule has 0 saturated heterocycles. The van der Waals surface area contributed by atoms with E-state index in [0.29, 0.717) is 12.1 Å². The Bertz CT molecular complexity index is 725. The number of nitrogens with zero attached hydrogens (tertiary/aromatic N) is 1. The van der Waals surface area contributed by atoms with Gasteiger partial charge < -0.3 is 20.1 Å². The fraction of sp³-hybridized carbons (Fsp3) is 0.300. The Morgan fingerprint density at radius 2 is 1.62 bits per heavy atom. The van der Waals surface area contributed by atoms with Crippen LogP contribution in [0.3, 0.4) is 0 Å². The first-order valence-corrected chi connectivity index (χ1v) is 8.41. The van der Waals surface area contributed by atoms with Gasteiger partial charge in [0.1, 0.15) is 5.75 Å². The van der Waals surface area contributed by atoms with E-state index in [-0.39, 0.29) is 5.97 Å². The molecule has 6 nitrogen and oxygen atoms in total. The van der Waals surface area contributed by atoms with Crippen LogP contribution in [0.15, 0.2) is 53.5 Å². The van der Waals surface area contributed by atoms with Crippen molar-refractivity contribution in [3.63, 3.8) is 0 Å². The maximum atomic E-state index is 11.4. The van der Waals surface area contributed by atoms with Crippen LogP contribution < -0.4 is 15.4 Å². The first-order chi connectivity index (χ1) is 12.7. The molecule has 0 heterocycles. The van der Waals surface area contributed by atoms with Crippen LogP contribution >= 0.6 is 0 Å².